The van der Waals surface area contributed by atoms with Gasteiger partial charge in [0, 0.05) is 25.6 Å². The van der Waals surface area contributed by atoms with E-state index in [1.807, 2.05) is 6.92 Å². The highest BCUT2D eigenvalue weighted by atomic mass is 16.3. The Bertz CT molecular complexity index is 200. The Kier molecular flexibility index (Phi) is 3.86. The number of carbonyl (C=O) groups excluding carboxylic acids is 1. The summed E-state index contributed by atoms with van der Waals surface area (Å²) in [6.07, 6.45) is -0.575. The molecular formula is C9H18N2O3. The quantitative estimate of drug-likeness (QED) is 0.529. The number of aliphatic hydroxyl groups excluding tert-OH is 2. The zero-order valence-corrected chi connectivity index (χ0v) is 8.39. The van der Waals surface area contributed by atoms with Crippen molar-refractivity contribution in [2.45, 2.75) is 38.0 Å². The molecule has 1 rings (SSSR count). The summed E-state index contributed by atoms with van der Waals surface area (Å²) >= 11 is 0. The summed E-state index contributed by atoms with van der Waals surface area (Å²) in [6, 6.07) is -0.127. The second-order valence-corrected chi connectivity index (χ2v) is 3.81. The molecule has 14 heavy (non-hydrogen) atoms. The van der Waals surface area contributed by atoms with Gasteiger partial charge in [-0.05, 0) is 6.42 Å². The third kappa shape index (κ3) is 2.67. The minimum Gasteiger partial charge on any atom is -0.388 e. The van der Waals surface area contributed by atoms with Gasteiger partial charge in [0.2, 0.25) is 5.91 Å². The van der Waals surface area contributed by atoms with Gasteiger partial charge in [-0.1, -0.05) is 6.92 Å². The van der Waals surface area contributed by atoms with Crippen molar-refractivity contribution in [1.29, 1.82) is 0 Å². The molecule has 4 N–H and O–H groups in total. The highest BCUT2D eigenvalue weighted by Gasteiger charge is 2.32. The van der Waals surface area contributed by atoms with Gasteiger partial charge < -0.3 is 20.8 Å². The first-order chi connectivity index (χ1) is 6.54. The van der Waals surface area contributed by atoms with Crippen molar-refractivity contribution in [2.75, 3.05) is 13.1 Å². The molecule has 5 heteroatoms. The molecule has 0 aromatic carbocycles. The molecule has 0 aliphatic carbocycles. The van der Waals surface area contributed by atoms with Gasteiger partial charge in [0.15, 0.2) is 0 Å². The maximum absolute atomic E-state index is 11.5. The Morgan fingerprint density at radius 3 is 2.43 bits per heavy atom. The van der Waals surface area contributed by atoms with Gasteiger partial charge in [-0.3, -0.25) is 4.79 Å². The van der Waals surface area contributed by atoms with E-state index in [1.54, 1.807) is 0 Å². The molecule has 5 nitrogen and oxygen atoms in total. The second-order valence-electron chi connectivity index (χ2n) is 3.81. The van der Waals surface area contributed by atoms with Crippen LogP contribution in [0.5, 0.6) is 0 Å². The normalized spacial score (nSPS) is 29.3. The van der Waals surface area contributed by atoms with Crippen LogP contribution in [0.1, 0.15) is 19.8 Å². The summed E-state index contributed by atoms with van der Waals surface area (Å²) in [5.41, 5.74) is 5.64. The molecule has 1 heterocycles. The van der Waals surface area contributed by atoms with Gasteiger partial charge in [0.05, 0.1) is 12.2 Å². The van der Waals surface area contributed by atoms with Crippen molar-refractivity contribution in [3.63, 3.8) is 0 Å². The summed E-state index contributed by atoms with van der Waals surface area (Å²) in [5, 5.41) is 18.5. The molecule has 0 radical (unpaired) electrons. The van der Waals surface area contributed by atoms with Crippen LogP contribution >= 0.6 is 0 Å². The van der Waals surface area contributed by atoms with Crippen LogP contribution < -0.4 is 5.73 Å². The first-order valence-electron chi connectivity index (χ1n) is 4.94. The molecule has 1 unspecified atom stereocenters. The van der Waals surface area contributed by atoms with Crippen LogP contribution in [0.2, 0.25) is 0 Å². The number of hydrogen-bond acceptors (Lipinski definition) is 4. The van der Waals surface area contributed by atoms with Crippen LogP contribution in [0.15, 0.2) is 0 Å². The van der Waals surface area contributed by atoms with Crippen LogP contribution in [-0.4, -0.2) is 52.4 Å². The Labute approximate surface area is 83.5 Å². The number of carbonyl (C=O) groups is 1. The fraction of sp³-hybridized carbons (Fsp3) is 0.889. The first-order valence-corrected chi connectivity index (χ1v) is 4.94. The molecule has 1 aliphatic heterocycles. The molecule has 0 bridgehead atoms. The number of nitrogens with zero attached hydrogens (tertiary/aromatic N) is 1. The predicted molar refractivity (Wildman–Crippen MR) is 51.5 cm³/mol. The molecule has 1 fully saturated rings. The minimum atomic E-state index is -0.809. The first kappa shape index (κ1) is 11.4. The number of aliphatic hydroxyl groups is 2. The van der Waals surface area contributed by atoms with E-state index < -0.39 is 12.2 Å². The highest BCUT2D eigenvalue weighted by Crippen LogP contribution is 2.12. The summed E-state index contributed by atoms with van der Waals surface area (Å²) in [5.74, 6) is -0.0880. The molecular weight excluding hydrogens is 184 g/mol. The van der Waals surface area contributed by atoms with Gasteiger partial charge in [-0.15, -0.1) is 0 Å². The highest BCUT2D eigenvalue weighted by molar-refractivity contribution is 5.77. The van der Waals surface area contributed by atoms with E-state index in [0.717, 1.165) is 6.42 Å². The molecule has 1 amide bonds. The zero-order valence-electron chi connectivity index (χ0n) is 8.39. The largest absolute Gasteiger partial charge is 0.388 e. The van der Waals surface area contributed by atoms with E-state index in [4.69, 9.17) is 5.73 Å². The molecule has 3 atom stereocenters. The van der Waals surface area contributed by atoms with Crippen LogP contribution in [-0.2, 0) is 4.79 Å². The monoisotopic (exact) mass is 202 g/mol. The molecule has 1 saturated heterocycles. The predicted octanol–water partition coefficient (Wildman–Crippen LogP) is -1.32. The average Bonchev–Trinajstić information content (AvgIpc) is 2.47. The van der Waals surface area contributed by atoms with Crippen LogP contribution in [0.3, 0.4) is 0 Å². The van der Waals surface area contributed by atoms with E-state index in [-0.39, 0.29) is 31.5 Å². The summed E-state index contributed by atoms with van der Waals surface area (Å²) in [6.45, 7) is 2.36. The second kappa shape index (κ2) is 4.72. The lowest BCUT2D eigenvalue weighted by molar-refractivity contribution is -0.131. The number of rotatable bonds is 3. The SMILES string of the molecule is CCC(N)CC(=O)N1C[C@@H](O)[C@@H](O)C1. The third-order valence-corrected chi connectivity index (χ3v) is 2.57. The molecule has 0 aromatic rings. The summed E-state index contributed by atoms with van der Waals surface area (Å²) < 4.78 is 0. The fourth-order valence-electron chi connectivity index (χ4n) is 1.47. The van der Waals surface area contributed by atoms with Gasteiger partial charge in [-0.25, -0.2) is 0 Å². The van der Waals surface area contributed by atoms with E-state index >= 15 is 0 Å². The van der Waals surface area contributed by atoms with E-state index in [1.165, 1.54) is 4.90 Å². The van der Waals surface area contributed by atoms with E-state index in [9.17, 15) is 15.0 Å². The van der Waals surface area contributed by atoms with E-state index in [2.05, 4.69) is 0 Å². The van der Waals surface area contributed by atoms with Crippen molar-refractivity contribution in [1.82, 2.24) is 4.90 Å². The van der Waals surface area contributed by atoms with Crippen molar-refractivity contribution < 1.29 is 15.0 Å². The molecule has 82 valence electrons. The topological polar surface area (TPSA) is 86.8 Å². The van der Waals surface area contributed by atoms with Crippen molar-refractivity contribution in [2.24, 2.45) is 5.73 Å². The lowest BCUT2D eigenvalue weighted by Crippen LogP contribution is -2.34. The summed E-state index contributed by atoms with van der Waals surface area (Å²) in [4.78, 5) is 13.0. The summed E-state index contributed by atoms with van der Waals surface area (Å²) in [7, 11) is 0. The maximum atomic E-state index is 11.5. The standard InChI is InChI=1S/C9H18N2O3/c1-2-6(10)3-9(14)11-4-7(12)8(13)5-11/h6-8,12-13H,2-5,10H2,1H3/t6?,7-,8+. The van der Waals surface area contributed by atoms with Gasteiger partial charge >= 0.3 is 0 Å². The average molecular weight is 202 g/mol. The number of β-amino-alcohol motifs (C(OH)–C–C–N with tert-alkyl or cyclic N) is 2. The number of amides is 1. The molecule has 0 saturated carbocycles. The van der Waals surface area contributed by atoms with Gasteiger partial charge in [0.25, 0.3) is 0 Å². The lowest BCUT2D eigenvalue weighted by atomic mass is 10.1. The smallest absolute Gasteiger partial charge is 0.224 e. The van der Waals surface area contributed by atoms with E-state index in [0.29, 0.717) is 0 Å². The minimum absolute atomic E-state index is 0.0880. The van der Waals surface area contributed by atoms with Crippen LogP contribution in [0.25, 0.3) is 0 Å². The Hall–Kier alpha value is -0.650. The van der Waals surface area contributed by atoms with Crippen molar-refractivity contribution in [3.05, 3.63) is 0 Å². The van der Waals surface area contributed by atoms with Crippen molar-refractivity contribution >= 4 is 5.91 Å². The van der Waals surface area contributed by atoms with Crippen LogP contribution in [0.4, 0.5) is 0 Å². The van der Waals surface area contributed by atoms with Gasteiger partial charge in [-0.2, -0.15) is 0 Å². The number of likely N-dealkylation sites (tertiary alicyclic amines) is 1. The Morgan fingerprint density at radius 1 is 1.50 bits per heavy atom. The maximum Gasteiger partial charge on any atom is 0.224 e. The zero-order chi connectivity index (χ0) is 10.7. The van der Waals surface area contributed by atoms with Crippen molar-refractivity contribution in [3.8, 4) is 0 Å². The Morgan fingerprint density at radius 2 is 2.00 bits per heavy atom. The number of nitrogens with two attached hydrogens (primary N) is 1. The fourth-order valence-corrected chi connectivity index (χ4v) is 1.47. The Balaban J connectivity index is 2.39. The lowest BCUT2D eigenvalue weighted by Gasteiger charge is -2.17. The molecule has 0 aromatic heterocycles. The molecule has 1 aliphatic rings. The van der Waals surface area contributed by atoms with Gasteiger partial charge in [0.1, 0.15) is 0 Å². The van der Waals surface area contributed by atoms with Crippen LogP contribution in [0, 0.1) is 0 Å². The third-order valence-electron chi connectivity index (χ3n) is 2.57. The molecule has 0 spiro atoms. The number of hydrogen-bond donors (Lipinski definition) is 3.